The van der Waals surface area contributed by atoms with Crippen LogP contribution in [0.25, 0.3) is 78.0 Å². The van der Waals surface area contributed by atoms with E-state index in [1.165, 1.54) is 59.4 Å². The molecule has 2 bridgehead atoms. The Kier molecular flexibility index (Phi) is 7.38. The van der Waals surface area contributed by atoms with Gasteiger partial charge >= 0.3 is 0 Å². The van der Waals surface area contributed by atoms with Gasteiger partial charge in [0.15, 0.2) is 17.5 Å². The molecule has 3 saturated carbocycles. The summed E-state index contributed by atoms with van der Waals surface area (Å²) in [6, 6.07) is 55.8. The van der Waals surface area contributed by atoms with Gasteiger partial charge in [-0.05, 0) is 134 Å². The summed E-state index contributed by atoms with van der Waals surface area (Å²) < 4.78 is 0. The quantitative estimate of drug-likeness (QED) is 0.160. The molecule has 1 aromatic heterocycles. The average molecular weight is 721 g/mol. The first-order valence-electron chi connectivity index (χ1n) is 20.0. The normalized spacial score (nSPS) is 22.1. The fraction of sp³-hybridized carbons (Fsp3) is 0.192. The van der Waals surface area contributed by atoms with Gasteiger partial charge in [0.1, 0.15) is 0 Å². The number of fused-ring (bicyclic) bond motifs is 4. The lowest BCUT2D eigenvalue weighted by Gasteiger charge is -2.33. The van der Waals surface area contributed by atoms with Crippen molar-refractivity contribution in [3.8, 4) is 62.5 Å². The van der Waals surface area contributed by atoms with Crippen molar-refractivity contribution in [3.05, 3.63) is 163 Å². The summed E-state index contributed by atoms with van der Waals surface area (Å²) >= 11 is 0. The van der Waals surface area contributed by atoms with Crippen molar-refractivity contribution in [3.63, 3.8) is 0 Å². The molecule has 4 atom stereocenters. The highest BCUT2D eigenvalue weighted by Gasteiger charge is 2.65. The lowest BCUT2D eigenvalue weighted by molar-refractivity contribution is 0.195. The molecule has 0 N–H and O–H groups in total. The van der Waals surface area contributed by atoms with Gasteiger partial charge in [0.05, 0.1) is 11.6 Å². The molecule has 0 radical (unpaired) electrons. The maximum absolute atomic E-state index is 9.44. The molecule has 3 aliphatic rings. The Morgan fingerprint density at radius 3 is 1.75 bits per heavy atom. The van der Waals surface area contributed by atoms with Gasteiger partial charge < -0.3 is 0 Å². The zero-order chi connectivity index (χ0) is 37.4. The Labute approximate surface area is 327 Å². The fourth-order valence-electron chi connectivity index (χ4n) is 11.0. The minimum atomic E-state index is 0.380. The molecule has 56 heavy (non-hydrogen) atoms. The molecule has 0 spiro atoms. The van der Waals surface area contributed by atoms with E-state index in [0.717, 1.165) is 45.0 Å². The van der Waals surface area contributed by atoms with Crippen LogP contribution in [0.3, 0.4) is 0 Å². The number of nitrogens with zero attached hydrogens (tertiary/aromatic N) is 4. The smallest absolute Gasteiger partial charge is 0.164 e. The van der Waals surface area contributed by atoms with Gasteiger partial charge in [-0.3, -0.25) is 0 Å². The molecule has 3 aliphatic carbocycles. The molecule has 7 aromatic carbocycles. The van der Waals surface area contributed by atoms with Gasteiger partial charge in [0.25, 0.3) is 0 Å². The van der Waals surface area contributed by atoms with Gasteiger partial charge in [-0.2, -0.15) is 5.26 Å². The summed E-state index contributed by atoms with van der Waals surface area (Å²) in [6.45, 7) is 2.59. The molecule has 0 aliphatic heterocycles. The second kappa shape index (κ2) is 12.5. The summed E-state index contributed by atoms with van der Waals surface area (Å²) in [5, 5.41) is 14.2. The molecule has 11 rings (SSSR count). The molecular weight excluding hydrogens is 681 g/mol. The standard InChI is InChI=1S/C52H40N4/c1-51-32-52(29-42(51)25-26-43(51)30-52)41-23-20-36(21-24-41)44-8-5-9-45-46(44)27-22-37-16-19-40(28-47(37)45)50-55-48(38-12-10-33(31-53)11-13-38)54-49(56-50)39-17-14-35(15-18-39)34-6-3-2-4-7-34/h2-24,27-28,42-43H,25-26,29-30,32H2,1H3/t42-,43+,51-,52?. The van der Waals surface area contributed by atoms with Crippen LogP contribution in [0.4, 0.5) is 0 Å². The molecule has 0 saturated heterocycles. The van der Waals surface area contributed by atoms with Crippen molar-refractivity contribution in [2.75, 3.05) is 0 Å². The van der Waals surface area contributed by atoms with Gasteiger partial charge in [-0.1, -0.05) is 128 Å². The maximum atomic E-state index is 9.44. The monoisotopic (exact) mass is 720 g/mol. The molecule has 4 nitrogen and oxygen atoms in total. The molecule has 268 valence electrons. The van der Waals surface area contributed by atoms with Crippen molar-refractivity contribution >= 4 is 21.5 Å². The van der Waals surface area contributed by atoms with Gasteiger partial charge in [0, 0.05) is 16.7 Å². The maximum Gasteiger partial charge on any atom is 0.164 e. The summed E-state index contributed by atoms with van der Waals surface area (Å²) in [7, 11) is 0. The third-order valence-corrected chi connectivity index (χ3v) is 13.8. The minimum Gasteiger partial charge on any atom is -0.208 e. The van der Waals surface area contributed by atoms with Crippen LogP contribution in [0.5, 0.6) is 0 Å². The lowest BCUT2D eigenvalue weighted by Crippen LogP contribution is -2.26. The predicted octanol–water partition coefficient (Wildman–Crippen LogP) is 12.9. The van der Waals surface area contributed by atoms with Crippen LogP contribution in [-0.2, 0) is 5.41 Å². The highest BCUT2D eigenvalue weighted by Crippen LogP contribution is 2.72. The van der Waals surface area contributed by atoms with E-state index in [1.54, 1.807) is 5.56 Å². The van der Waals surface area contributed by atoms with E-state index in [-0.39, 0.29) is 0 Å². The van der Waals surface area contributed by atoms with Gasteiger partial charge in [-0.25, -0.2) is 15.0 Å². The summed E-state index contributed by atoms with van der Waals surface area (Å²) in [4.78, 5) is 15.1. The summed E-state index contributed by atoms with van der Waals surface area (Å²) in [6.07, 6.45) is 6.99. The Hall–Kier alpha value is -6.44. The van der Waals surface area contributed by atoms with Crippen molar-refractivity contribution in [1.29, 1.82) is 5.26 Å². The van der Waals surface area contributed by atoms with Crippen molar-refractivity contribution < 1.29 is 0 Å². The second-order valence-corrected chi connectivity index (χ2v) is 16.8. The highest BCUT2D eigenvalue weighted by atomic mass is 15.0. The predicted molar refractivity (Wildman–Crippen MR) is 227 cm³/mol. The molecule has 8 aromatic rings. The highest BCUT2D eigenvalue weighted by molar-refractivity contribution is 6.12. The SMILES string of the molecule is C[C@@]12CC3(c4ccc(-c5cccc6c5ccc5ccc(-c7nc(-c8ccc(C#N)cc8)nc(-c8ccc(-c9ccccc9)cc8)n7)cc56)cc4)C[C@H]1CC[C@H]2C3. The van der Waals surface area contributed by atoms with Crippen molar-refractivity contribution in [1.82, 2.24) is 15.0 Å². The third kappa shape index (κ3) is 5.22. The van der Waals surface area contributed by atoms with Crippen LogP contribution >= 0.6 is 0 Å². The third-order valence-electron chi connectivity index (χ3n) is 13.8. The Balaban J connectivity index is 0.986. The van der Waals surface area contributed by atoms with E-state index in [2.05, 4.69) is 134 Å². The molecule has 4 heteroatoms. The second-order valence-electron chi connectivity index (χ2n) is 16.8. The molecule has 1 unspecified atom stereocenters. The van der Waals surface area contributed by atoms with E-state index in [4.69, 9.17) is 15.0 Å². The van der Waals surface area contributed by atoms with Crippen LogP contribution < -0.4 is 0 Å². The Bertz CT molecular complexity index is 2840. The van der Waals surface area contributed by atoms with Crippen LogP contribution in [-0.4, -0.2) is 15.0 Å². The number of hydrogen-bond donors (Lipinski definition) is 0. The van der Waals surface area contributed by atoms with Gasteiger partial charge in [-0.15, -0.1) is 0 Å². The van der Waals surface area contributed by atoms with Crippen molar-refractivity contribution in [2.45, 2.75) is 44.4 Å². The largest absolute Gasteiger partial charge is 0.208 e. The van der Waals surface area contributed by atoms with Crippen LogP contribution in [0, 0.1) is 28.6 Å². The minimum absolute atomic E-state index is 0.380. The molecule has 3 fully saturated rings. The number of rotatable bonds is 6. The van der Waals surface area contributed by atoms with E-state index >= 15 is 0 Å². The van der Waals surface area contributed by atoms with Crippen molar-refractivity contribution in [2.24, 2.45) is 17.3 Å². The van der Waals surface area contributed by atoms with Crippen LogP contribution in [0.2, 0.25) is 0 Å². The van der Waals surface area contributed by atoms with Crippen LogP contribution in [0.15, 0.2) is 152 Å². The molecular formula is C52H40N4. The summed E-state index contributed by atoms with van der Waals surface area (Å²) in [5.74, 6) is 3.60. The fourth-order valence-corrected chi connectivity index (χ4v) is 11.0. The molecule has 0 amide bonds. The Morgan fingerprint density at radius 1 is 0.518 bits per heavy atom. The first kappa shape index (κ1) is 32.9. The first-order valence-corrected chi connectivity index (χ1v) is 20.0. The lowest BCUT2D eigenvalue weighted by atomic mass is 9.72. The van der Waals surface area contributed by atoms with E-state index in [0.29, 0.717) is 33.9 Å². The topological polar surface area (TPSA) is 62.5 Å². The van der Waals surface area contributed by atoms with E-state index in [9.17, 15) is 5.26 Å². The number of hydrogen-bond acceptors (Lipinski definition) is 4. The average Bonchev–Trinajstić information content (AvgIpc) is 3.77. The van der Waals surface area contributed by atoms with Gasteiger partial charge in [0.2, 0.25) is 0 Å². The van der Waals surface area contributed by atoms with E-state index in [1.807, 2.05) is 30.3 Å². The molecule has 1 heterocycles. The summed E-state index contributed by atoms with van der Waals surface area (Å²) in [5.41, 5.74) is 10.6. The zero-order valence-electron chi connectivity index (χ0n) is 31.4. The van der Waals surface area contributed by atoms with Crippen LogP contribution in [0.1, 0.15) is 50.2 Å². The Morgan fingerprint density at radius 2 is 1.09 bits per heavy atom. The number of benzene rings is 7. The zero-order valence-corrected chi connectivity index (χ0v) is 31.4. The number of nitriles is 1. The first-order chi connectivity index (χ1) is 27.5. The number of aromatic nitrogens is 3. The van der Waals surface area contributed by atoms with E-state index < -0.39 is 0 Å².